The first kappa shape index (κ1) is 25.6. The molecule has 1 aromatic heterocycles. The van der Waals surface area contributed by atoms with Crippen LogP contribution in [0.3, 0.4) is 0 Å². The van der Waals surface area contributed by atoms with E-state index in [-0.39, 0.29) is 27.8 Å². The van der Waals surface area contributed by atoms with Crippen molar-refractivity contribution in [1.82, 2.24) is 9.97 Å². The van der Waals surface area contributed by atoms with Gasteiger partial charge in [0.1, 0.15) is 0 Å². The number of carbonyl (C=O) groups excluding carboxylic acids is 1. The van der Waals surface area contributed by atoms with Gasteiger partial charge in [0.2, 0.25) is 0 Å². The summed E-state index contributed by atoms with van der Waals surface area (Å²) in [5.74, 6) is -1.02. The Morgan fingerprint density at radius 3 is 2.29 bits per heavy atom. The predicted octanol–water partition coefficient (Wildman–Crippen LogP) is 1.27. The average molecular weight is 525 g/mol. The summed E-state index contributed by atoms with van der Waals surface area (Å²) in [6.07, 6.45) is 1.35. The van der Waals surface area contributed by atoms with E-state index in [1.807, 2.05) is 0 Å². The molecule has 1 amide bonds. The number of benzene rings is 2. The highest BCUT2D eigenvalue weighted by Crippen LogP contribution is 2.38. The maximum absolute atomic E-state index is 12.7. The second kappa shape index (κ2) is 10.1. The molecule has 34 heavy (non-hydrogen) atoms. The first-order chi connectivity index (χ1) is 15.8. The maximum Gasteiger partial charge on any atom is 0.340 e. The number of aromatic nitrogens is 2. The fourth-order valence-electron chi connectivity index (χ4n) is 2.84. The van der Waals surface area contributed by atoms with Crippen molar-refractivity contribution in [3.63, 3.8) is 0 Å². The van der Waals surface area contributed by atoms with Crippen molar-refractivity contribution in [3.05, 3.63) is 66.0 Å². The number of anilines is 2. The van der Waals surface area contributed by atoms with E-state index in [4.69, 9.17) is 15.5 Å². The molecule has 0 bridgehead atoms. The molecule has 0 aliphatic heterocycles. The number of rotatable bonds is 8. The van der Waals surface area contributed by atoms with E-state index < -0.39 is 39.9 Å². The summed E-state index contributed by atoms with van der Waals surface area (Å²) in [5.41, 5.74) is 5.90. The number of hydrogen-bond donors (Lipinski definition) is 4. The Balaban J connectivity index is 1.79. The fourth-order valence-corrected chi connectivity index (χ4v) is 6.23. The zero-order chi connectivity index (χ0) is 25.1. The van der Waals surface area contributed by atoms with Crippen LogP contribution in [0.1, 0.15) is 16.1 Å². The largest absolute Gasteiger partial charge is 0.772 e. The summed E-state index contributed by atoms with van der Waals surface area (Å²) in [4.78, 5) is 38.4. The van der Waals surface area contributed by atoms with Gasteiger partial charge in [0, 0.05) is 17.0 Å². The van der Waals surface area contributed by atoms with Crippen LogP contribution in [0, 0.1) is 0 Å². The molecule has 0 aliphatic carbocycles. The lowest BCUT2D eigenvalue weighted by Crippen LogP contribution is -2.17. The molecule has 5 N–H and O–H groups in total. The summed E-state index contributed by atoms with van der Waals surface area (Å²) < 4.78 is 56.7. The van der Waals surface area contributed by atoms with Crippen molar-refractivity contribution in [1.29, 1.82) is 0 Å². The first-order valence-corrected chi connectivity index (χ1v) is 14.0. The topological polar surface area (TPSA) is 213 Å². The third-order valence-corrected chi connectivity index (χ3v) is 8.62. The van der Waals surface area contributed by atoms with E-state index in [9.17, 15) is 26.5 Å². The lowest BCUT2D eigenvalue weighted by molar-refractivity contribution is 0.102. The Labute approximate surface area is 196 Å². The highest BCUT2D eigenvalue weighted by molar-refractivity contribution is 7.97. The second-order valence-electron chi connectivity index (χ2n) is 7.02. The summed E-state index contributed by atoms with van der Waals surface area (Å²) in [6, 6.07) is 11.1. The van der Waals surface area contributed by atoms with Crippen LogP contribution in [-0.4, -0.2) is 48.3 Å². The van der Waals surface area contributed by atoms with Crippen molar-refractivity contribution in [2.24, 2.45) is 0 Å². The van der Waals surface area contributed by atoms with Gasteiger partial charge in [-0.05, 0) is 29.8 Å². The number of nitrogens with one attached hydrogen (secondary N) is 1. The molecule has 12 nitrogen and oxygen atoms in total. The van der Waals surface area contributed by atoms with Gasteiger partial charge in [0.25, 0.3) is 5.91 Å². The van der Waals surface area contributed by atoms with Crippen molar-refractivity contribution in [2.75, 3.05) is 16.5 Å². The molecular weight excluding hydrogens is 507 g/mol. The second-order valence-corrected chi connectivity index (χ2v) is 12.0. The first-order valence-electron chi connectivity index (χ1n) is 9.30. The van der Waals surface area contributed by atoms with Crippen LogP contribution < -0.4 is 11.1 Å². The van der Waals surface area contributed by atoms with E-state index in [2.05, 4.69) is 15.3 Å². The molecule has 1 atom stereocenters. The quantitative estimate of drug-likeness (QED) is 0.243. The van der Waals surface area contributed by atoms with Gasteiger partial charge < -0.3 is 25.4 Å². The summed E-state index contributed by atoms with van der Waals surface area (Å²) in [5, 5.41) is 2.50. The monoisotopic (exact) mass is 525 g/mol. The molecule has 3 aromatic rings. The molecule has 0 fully saturated rings. The molecule has 15 heteroatoms. The van der Waals surface area contributed by atoms with Crippen LogP contribution in [0.2, 0.25) is 0 Å². The Kier molecular flexibility index (Phi) is 7.60. The Morgan fingerprint density at radius 1 is 1.12 bits per heavy atom. The van der Waals surface area contributed by atoms with Crippen molar-refractivity contribution in [2.45, 2.75) is 10.6 Å². The molecule has 0 saturated carbocycles. The van der Waals surface area contributed by atoms with Gasteiger partial charge in [-0.25, -0.2) is 18.4 Å². The maximum atomic E-state index is 12.7. The van der Waals surface area contributed by atoms with E-state index >= 15 is 0 Å². The van der Waals surface area contributed by atoms with Gasteiger partial charge in [-0.2, -0.15) is 0 Å². The molecule has 2 aromatic carbocycles. The van der Waals surface area contributed by atoms with Gasteiger partial charge in [0.15, 0.2) is 26.8 Å². The molecule has 0 spiro atoms. The number of nitrogens with zero attached hydrogens (tertiary/aromatic N) is 2. The predicted molar refractivity (Wildman–Crippen MR) is 123 cm³/mol. The molecule has 180 valence electrons. The van der Waals surface area contributed by atoms with Crippen molar-refractivity contribution in [3.8, 4) is 11.3 Å². The van der Waals surface area contributed by atoms with E-state index in [1.54, 1.807) is 24.3 Å². The van der Waals surface area contributed by atoms with Crippen molar-refractivity contribution < 1.29 is 36.3 Å². The minimum absolute atomic E-state index is 0.138. The number of nitrogen functional groups attached to an aromatic ring is 1. The number of amides is 1. The smallest absolute Gasteiger partial charge is 0.340 e. The van der Waals surface area contributed by atoms with Gasteiger partial charge in [-0.3, -0.25) is 13.6 Å². The van der Waals surface area contributed by atoms with Gasteiger partial charge in [-0.15, -0.1) is 0 Å². The number of carbonyl (C=O) groups is 1. The molecule has 0 saturated heterocycles. The molecule has 3 rings (SSSR count). The van der Waals surface area contributed by atoms with Crippen molar-refractivity contribution >= 4 is 45.9 Å². The SMILES string of the molecule is Nc1ncc(-c2ccc(CS(=O)[O-])cc2)nc1C(=O)Nc1ccc(S(=O)(=O)CP(=O)(O)O)cc1. The van der Waals surface area contributed by atoms with E-state index in [0.29, 0.717) is 16.8 Å². The minimum Gasteiger partial charge on any atom is -0.772 e. The summed E-state index contributed by atoms with van der Waals surface area (Å²) in [6.45, 7) is 0. The summed E-state index contributed by atoms with van der Waals surface area (Å²) >= 11 is -2.23. The number of sulfone groups is 1. The van der Waals surface area contributed by atoms with E-state index in [1.165, 1.54) is 18.3 Å². The van der Waals surface area contributed by atoms with Crippen LogP contribution in [0.5, 0.6) is 0 Å². The lowest BCUT2D eigenvalue weighted by Gasteiger charge is -2.10. The highest BCUT2D eigenvalue weighted by atomic mass is 32.2. The van der Waals surface area contributed by atoms with Gasteiger partial charge in [0.05, 0.1) is 16.8 Å². The number of hydrogen-bond acceptors (Lipinski definition) is 9. The van der Waals surface area contributed by atoms with E-state index in [0.717, 1.165) is 12.1 Å². The molecule has 0 radical (unpaired) electrons. The van der Waals surface area contributed by atoms with Crippen LogP contribution in [0.15, 0.2) is 59.6 Å². The third kappa shape index (κ3) is 6.76. The minimum atomic E-state index is -4.79. The highest BCUT2D eigenvalue weighted by Gasteiger charge is 2.26. The Bertz CT molecular complexity index is 1390. The third-order valence-electron chi connectivity index (χ3n) is 4.36. The number of nitrogens with two attached hydrogens (primary N) is 1. The fraction of sp³-hybridized carbons (Fsp3) is 0.105. The van der Waals surface area contributed by atoms with Gasteiger partial charge in [-0.1, -0.05) is 35.3 Å². The normalized spacial score (nSPS) is 12.8. The lowest BCUT2D eigenvalue weighted by atomic mass is 10.1. The van der Waals surface area contributed by atoms with Crippen LogP contribution >= 0.6 is 7.60 Å². The zero-order valence-corrected chi connectivity index (χ0v) is 19.7. The Hall–Kier alpha value is -3.00. The van der Waals surface area contributed by atoms with Crippen LogP contribution in [0.4, 0.5) is 11.5 Å². The zero-order valence-electron chi connectivity index (χ0n) is 17.2. The van der Waals surface area contributed by atoms with Crippen LogP contribution in [0.25, 0.3) is 11.3 Å². The van der Waals surface area contributed by atoms with Gasteiger partial charge >= 0.3 is 7.60 Å². The molecular formula is C19H18N4O8PS2-. The van der Waals surface area contributed by atoms with Crippen LogP contribution in [-0.2, 0) is 31.2 Å². The molecule has 0 aliphatic rings. The molecule has 1 unspecified atom stereocenters. The average Bonchev–Trinajstić information content (AvgIpc) is 2.73. The summed E-state index contributed by atoms with van der Waals surface area (Å²) in [7, 11) is -9.01. The molecule has 1 heterocycles. The Morgan fingerprint density at radius 2 is 1.74 bits per heavy atom. The standard InChI is InChI=1S/C19H19N4O8PS2/c20-18-17(23-16(9-21-18)13-3-1-12(2-4-13)10-33(28)29)19(24)22-14-5-7-15(8-6-14)34(30,31)11-32(25,26)27/h1-9H,10-11H2,(H2,20,21)(H,22,24)(H,28,29)(H2,25,26,27)/p-1.